The molecule has 7 atom stereocenters. The van der Waals surface area contributed by atoms with Gasteiger partial charge in [0.15, 0.2) is 11.5 Å². The molecule has 2 bridgehead atoms. The van der Waals surface area contributed by atoms with E-state index < -0.39 is 0 Å². The maximum Gasteiger partial charge on any atom is 0.305 e. The van der Waals surface area contributed by atoms with Crippen molar-refractivity contribution in [3.8, 4) is 11.5 Å². The predicted octanol–water partition coefficient (Wildman–Crippen LogP) is 4.53. The fourth-order valence-corrected chi connectivity index (χ4v) is 10.2. The molecule has 0 spiro atoms. The Morgan fingerprint density at radius 3 is 2.51 bits per heavy atom. The molecule has 2 amide bonds. The molecule has 0 unspecified atom stereocenters. The molecule has 190 valence electrons. The van der Waals surface area contributed by atoms with E-state index in [2.05, 4.69) is 4.98 Å². The summed E-state index contributed by atoms with van der Waals surface area (Å²) in [5.41, 5.74) is 2.68. The average molecular weight is 535 g/mol. The molecule has 3 fully saturated rings. The third kappa shape index (κ3) is 3.23. The van der Waals surface area contributed by atoms with Crippen molar-refractivity contribution in [3.05, 3.63) is 68.1 Å². The molecule has 3 aromatic rings. The zero-order chi connectivity index (χ0) is 25.6. The van der Waals surface area contributed by atoms with Crippen molar-refractivity contribution in [2.45, 2.75) is 36.5 Å². The van der Waals surface area contributed by atoms with Crippen LogP contribution in [0, 0.1) is 36.5 Å². The number of fused-ring (bicyclic) bond motifs is 9. The monoisotopic (exact) mass is 534 g/mol. The Morgan fingerprint density at radius 1 is 1.05 bits per heavy atom. The molecule has 2 aliphatic heterocycles. The van der Waals surface area contributed by atoms with Crippen LogP contribution in [0.4, 0.5) is 5.69 Å². The number of benzene rings is 2. The molecule has 9 heteroatoms. The van der Waals surface area contributed by atoms with Gasteiger partial charge in [0.05, 0.1) is 29.2 Å². The van der Waals surface area contributed by atoms with Crippen molar-refractivity contribution in [3.63, 3.8) is 0 Å². The van der Waals surface area contributed by atoms with Crippen molar-refractivity contribution in [1.82, 2.24) is 4.98 Å². The van der Waals surface area contributed by atoms with Gasteiger partial charge in [0, 0.05) is 16.0 Å². The van der Waals surface area contributed by atoms with Crippen molar-refractivity contribution >= 4 is 40.6 Å². The summed E-state index contributed by atoms with van der Waals surface area (Å²) < 4.78 is 5.68. The van der Waals surface area contributed by atoms with E-state index in [0.29, 0.717) is 18.0 Å². The highest BCUT2D eigenvalue weighted by Crippen LogP contribution is 2.68. The SMILES string of the molecule is CCOc1cc([C@@H]2c3sc(=O)[nH]c3S[C@@H]3[C@H]4C[C@@H]([C@@H]5C(=O)N(c6ccc(C)cc6)C(=O)[C@@H]45)[C@H]23)ccc1O. The van der Waals surface area contributed by atoms with Crippen molar-refractivity contribution < 1.29 is 19.4 Å². The highest BCUT2D eigenvalue weighted by atomic mass is 32.2. The Bertz CT molecular complexity index is 1490. The van der Waals surface area contributed by atoms with E-state index in [1.54, 1.807) is 17.8 Å². The maximum atomic E-state index is 13.8. The molecule has 37 heavy (non-hydrogen) atoms. The first-order valence-corrected chi connectivity index (χ1v) is 14.4. The number of carbonyl (C=O) groups excluding carboxylic acids is 2. The second-order valence-electron chi connectivity index (χ2n) is 10.5. The summed E-state index contributed by atoms with van der Waals surface area (Å²) in [6.45, 7) is 4.28. The van der Waals surface area contributed by atoms with Crippen LogP contribution in [0.3, 0.4) is 0 Å². The lowest BCUT2D eigenvalue weighted by Gasteiger charge is -2.43. The molecule has 2 aliphatic carbocycles. The number of aromatic amines is 1. The van der Waals surface area contributed by atoms with Crippen molar-refractivity contribution in [2.24, 2.45) is 29.6 Å². The van der Waals surface area contributed by atoms with Crippen LogP contribution in [0.15, 0.2) is 52.3 Å². The summed E-state index contributed by atoms with van der Waals surface area (Å²) in [5, 5.41) is 11.3. The number of phenolic OH excluding ortho intramolecular Hbond substituents is 1. The second-order valence-corrected chi connectivity index (χ2v) is 12.7. The van der Waals surface area contributed by atoms with E-state index in [1.165, 1.54) is 16.2 Å². The fraction of sp³-hybridized carbons (Fsp3) is 0.393. The van der Waals surface area contributed by atoms with Crippen molar-refractivity contribution in [2.75, 3.05) is 11.5 Å². The first kappa shape index (κ1) is 23.1. The third-order valence-electron chi connectivity index (χ3n) is 8.66. The molecular weight excluding hydrogens is 508 g/mol. The van der Waals surface area contributed by atoms with E-state index in [4.69, 9.17) is 4.74 Å². The smallest absolute Gasteiger partial charge is 0.305 e. The summed E-state index contributed by atoms with van der Waals surface area (Å²) >= 11 is 2.89. The molecule has 1 aromatic heterocycles. The number of nitrogens with zero attached hydrogens (tertiary/aromatic N) is 1. The van der Waals surface area contributed by atoms with Gasteiger partial charge in [0.25, 0.3) is 0 Å². The van der Waals surface area contributed by atoms with Gasteiger partial charge >= 0.3 is 4.87 Å². The minimum absolute atomic E-state index is 0.0408. The average Bonchev–Trinajstić information content (AvgIpc) is 3.60. The molecule has 7 nitrogen and oxygen atoms in total. The maximum absolute atomic E-state index is 13.8. The normalized spacial score (nSPS) is 31.4. The number of hydrogen-bond acceptors (Lipinski definition) is 7. The number of H-pyrrole nitrogens is 1. The molecule has 1 saturated heterocycles. The number of thiazole rings is 1. The molecule has 2 N–H and O–H groups in total. The topological polar surface area (TPSA) is 99.7 Å². The highest BCUT2D eigenvalue weighted by Gasteiger charge is 2.69. The number of aryl methyl sites for hydroxylation is 1. The van der Waals surface area contributed by atoms with E-state index in [1.807, 2.05) is 50.2 Å². The van der Waals surface area contributed by atoms with Gasteiger partial charge in [-0.15, -0.1) is 11.8 Å². The van der Waals surface area contributed by atoms with Crippen LogP contribution in [-0.2, 0) is 9.59 Å². The number of ether oxygens (including phenoxy) is 1. The van der Waals surface area contributed by atoms with Gasteiger partial charge < -0.3 is 14.8 Å². The van der Waals surface area contributed by atoms with Crippen LogP contribution in [-0.4, -0.2) is 33.8 Å². The zero-order valence-corrected chi connectivity index (χ0v) is 22.0. The van der Waals surface area contributed by atoms with Gasteiger partial charge in [-0.2, -0.15) is 0 Å². The van der Waals surface area contributed by atoms with Gasteiger partial charge in [-0.3, -0.25) is 19.3 Å². The largest absolute Gasteiger partial charge is 0.504 e. The molecule has 0 radical (unpaired) electrons. The summed E-state index contributed by atoms with van der Waals surface area (Å²) in [4.78, 5) is 45.3. The number of phenols is 1. The predicted molar refractivity (Wildman–Crippen MR) is 141 cm³/mol. The molecule has 4 aliphatic rings. The quantitative estimate of drug-likeness (QED) is 0.478. The molecule has 3 heterocycles. The Kier molecular flexibility index (Phi) is 5.14. The minimum atomic E-state index is -0.344. The fourth-order valence-electron chi connectivity index (χ4n) is 7.33. The van der Waals surface area contributed by atoms with E-state index in [0.717, 1.165) is 27.5 Å². The summed E-state index contributed by atoms with van der Waals surface area (Å²) in [7, 11) is 0. The molecule has 7 rings (SSSR count). The van der Waals surface area contributed by atoms with E-state index in [9.17, 15) is 19.5 Å². The van der Waals surface area contributed by atoms with E-state index in [-0.39, 0.29) is 63.2 Å². The highest BCUT2D eigenvalue weighted by molar-refractivity contribution is 8.00. The third-order valence-corrected chi connectivity index (χ3v) is 11.2. The Balaban J connectivity index is 1.32. The number of hydrogen-bond donors (Lipinski definition) is 2. The number of thioether (sulfide) groups is 1. The van der Waals surface area contributed by atoms with Crippen LogP contribution in [0.2, 0.25) is 0 Å². The molecule has 2 saturated carbocycles. The lowest BCUT2D eigenvalue weighted by Crippen LogP contribution is -2.42. The number of aromatic hydroxyl groups is 1. The number of rotatable bonds is 4. The first-order chi connectivity index (χ1) is 17.9. The van der Waals surface area contributed by atoms with Gasteiger partial charge in [0.1, 0.15) is 0 Å². The van der Waals surface area contributed by atoms with Gasteiger partial charge in [-0.25, -0.2) is 0 Å². The van der Waals surface area contributed by atoms with Gasteiger partial charge in [-0.05, 0) is 67.9 Å². The Hall–Kier alpha value is -3.04. The first-order valence-electron chi connectivity index (χ1n) is 12.7. The second kappa shape index (κ2) is 8.23. The summed E-state index contributed by atoms with van der Waals surface area (Å²) in [5.74, 6) is -0.259. The van der Waals surface area contributed by atoms with Gasteiger partial charge in [-0.1, -0.05) is 35.1 Å². The minimum Gasteiger partial charge on any atom is -0.504 e. The van der Waals surface area contributed by atoms with Crippen LogP contribution >= 0.6 is 23.1 Å². The lowest BCUT2D eigenvalue weighted by atomic mass is 9.68. The molecule has 2 aromatic carbocycles. The number of imide groups is 1. The standard InChI is InChI=1S/C28H26N2O5S2/c1-3-35-18-10-13(6-9-17(18)31)19-20-15-11-16(23(20)36-25-24(19)37-28(34)29-25)22-21(15)26(32)30(27(22)33)14-7-4-12(2)5-8-14/h4-10,15-16,19-23,31H,3,11H2,1-2H3,(H,29,34)/t15-,16+,19+,20-,21+,22+,23-/m1/s1. The summed E-state index contributed by atoms with van der Waals surface area (Å²) in [6.07, 6.45) is 0.836. The van der Waals surface area contributed by atoms with Gasteiger partial charge in [0.2, 0.25) is 11.8 Å². The van der Waals surface area contributed by atoms with Crippen LogP contribution in [0.1, 0.15) is 35.3 Å². The summed E-state index contributed by atoms with van der Waals surface area (Å²) in [6, 6.07) is 13.0. The van der Waals surface area contributed by atoms with Crippen molar-refractivity contribution in [1.29, 1.82) is 0 Å². The molecular formula is C28H26N2O5S2. The Morgan fingerprint density at radius 2 is 1.78 bits per heavy atom. The Labute approximate surface area is 221 Å². The van der Waals surface area contributed by atoms with Crippen LogP contribution in [0.25, 0.3) is 0 Å². The number of aromatic nitrogens is 1. The number of amides is 2. The van der Waals surface area contributed by atoms with Crippen LogP contribution < -0.4 is 14.5 Å². The number of carbonyl (C=O) groups is 2. The zero-order valence-electron chi connectivity index (χ0n) is 20.3. The lowest BCUT2D eigenvalue weighted by molar-refractivity contribution is -0.123. The van der Waals surface area contributed by atoms with E-state index >= 15 is 0 Å². The number of anilines is 1. The van der Waals surface area contributed by atoms with Crippen LogP contribution in [0.5, 0.6) is 11.5 Å². The number of nitrogens with one attached hydrogen (secondary N) is 1.